The van der Waals surface area contributed by atoms with Crippen molar-refractivity contribution in [1.82, 2.24) is 0 Å². The third-order valence-electron chi connectivity index (χ3n) is 2.96. The second-order valence-electron chi connectivity index (χ2n) is 4.20. The third kappa shape index (κ3) is 4.26. The number of hydrogen-bond acceptors (Lipinski definition) is 3. The van der Waals surface area contributed by atoms with Crippen LogP contribution in [0.4, 0.5) is 0 Å². The van der Waals surface area contributed by atoms with Gasteiger partial charge in [-0.25, -0.2) is 0 Å². The Balaban J connectivity index is 0.000000771. The molecule has 0 amide bonds. The van der Waals surface area contributed by atoms with Crippen LogP contribution >= 0.6 is 0 Å². The predicted octanol–water partition coefficient (Wildman–Crippen LogP) is 2.55. The van der Waals surface area contributed by atoms with E-state index in [1.54, 1.807) is 0 Å². The van der Waals surface area contributed by atoms with E-state index < -0.39 is 0 Å². The number of benzene rings is 1. The molecule has 0 aliphatic carbocycles. The van der Waals surface area contributed by atoms with Gasteiger partial charge in [0, 0.05) is 13.7 Å². The van der Waals surface area contributed by atoms with Crippen LogP contribution in [0.2, 0.25) is 0 Å². The van der Waals surface area contributed by atoms with E-state index in [4.69, 9.17) is 14.6 Å². The molecule has 0 radical (unpaired) electrons. The largest absolute Gasteiger partial charge is 0.400 e. The fourth-order valence-electron chi connectivity index (χ4n) is 1.97. The van der Waals surface area contributed by atoms with Crippen LogP contribution in [0.25, 0.3) is 0 Å². The van der Waals surface area contributed by atoms with E-state index in [0.717, 1.165) is 26.6 Å². The molecule has 1 aromatic rings. The van der Waals surface area contributed by atoms with Gasteiger partial charge in [0.2, 0.25) is 0 Å². The van der Waals surface area contributed by atoms with Crippen LogP contribution in [-0.4, -0.2) is 31.0 Å². The molecule has 1 saturated heterocycles. The molecule has 0 aromatic heterocycles. The first kappa shape index (κ1) is 14.9. The monoisotopic (exact) mass is 250 g/mol. The summed E-state index contributed by atoms with van der Waals surface area (Å²) in [6.45, 7) is 5.90. The Labute approximate surface area is 109 Å². The van der Waals surface area contributed by atoms with Gasteiger partial charge >= 0.3 is 0 Å². The highest BCUT2D eigenvalue weighted by Gasteiger charge is 2.31. The summed E-state index contributed by atoms with van der Waals surface area (Å²) in [5.74, 6) is 0. The van der Waals surface area contributed by atoms with Crippen molar-refractivity contribution >= 4 is 0 Å². The minimum Gasteiger partial charge on any atom is -0.400 e. The molecule has 0 saturated carbocycles. The Morgan fingerprint density at radius 1 is 1.39 bits per heavy atom. The maximum absolute atomic E-state index is 7.00. The molecule has 3 nitrogen and oxygen atoms in total. The molecule has 1 heterocycles. The van der Waals surface area contributed by atoms with E-state index in [1.165, 1.54) is 5.56 Å². The molecule has 0 bridgehead atoms. The van der Waals surface area contributed by atoms with Crippen molar-refractivity contribution in [3.05, 3.63) is 48.6 Å². The van der Waals surface area contributed by atoms with Gasteiger partial charge in [-0.2, -0.15) is 0 Å². The van der Waals surface area contributed by atoms with Crippen LogP contribution in [-0.2, 0) is 16.1 Å². The molecular formula is C15H22O3. The smallest absolute Gasteiger partial charge is 0.109 e. The maximum Gasteiger partial charge on any atom is 0.109 e. The van der Waals surface area contributed by atoms with Gasteiger partial charge in [-0.1, -0.05) is 36.4 Å². The first-order valence-electron chi connectivity index (χ1n) is 6.19. The van der Waals surface area contributed by atoms with Crippen molar-refractivity contribution in [3.63, 3.8) is 0 Å². The summed E-state index contributed by atoms with van der Waals surface area (Å²) in [6, 6.07) is 10.2. The highest BCUT2D eigenvalue weighted by atomic mass is 16.5. The van der Waals surface area contributed by atoms with E-state index in [2.05, 4.69) is 18.7 Å². The summed E-state index contributed by atoms with van der Waals surface area (Å²) in [6.07, 6.45) is 4.00. The Hall–Kier alpha value is -1.16. The maximum atomic E-state index is 7.00. The zero-order valence-corrected chi connectivity index (χ0v) is 11.0. The van der Waals surface area contributed by atoms with Crippen molar-refractivity contribution in [3.8, 4) is 0 Å². The van der Waals surface area contributed by atoms with E-state index in [-0.39, 0.29) is 5.60 Å². The number of hydrogen-bond donors (Lipinski definition) is 1. The molecule has 1 N–H and O–H groups in total. The lowest BCUT2D eigenvalue weighted by Crippen LogP contribution is -2.30. The Bertz CT molecular complexity index is 329. The molecule has 1 aliphatic heterocycles. The topological polar surface area (TPSA) is 38.7 Å². The molecule has 2 rings (SSSR count). The lowest BCUT2D eigenvalue weighted by atomic mass is 10.0. The van der Waals surface area contributed by atoms with Crippen molar-refractivity contribution in [2.45, 2.75) is 25.0 Å². The van der Waals surface area contributed by atoms with Gasteiger partial charge in [-0.3, -0.25) is 0 Å². The van der Waals surface area contributed by atoms with Crippen molar-refractivity contribution in [1.29, 1.82) is 0 Å². The fraction of sp³-hybridized carbons (Fsp3) is 0.467. The molecule has 3 heteroatoms. The summed E-state index contributed by atoms with van der Waals surface area (Å²) in [4.78, 5) is 0. The normalized spacial score (nSPS) is 22.1. The first-order valence-corrected chi connectivity index (χ1v) is 6.19. The van der Waals surface area contributed by atoms with E-state index in [1.807, 2.05) is 24.3 Å². The van der Waals surface area contributed by atoms with Gasteiger partial charge in [-0.15, -0.1) is 6.58 Å². The minimum absolute atomic E-state index is 0.241. The fourth-order valence-corrected chi connectivity index (χ4v) is 1.97. The average molecular weight is 250 g/mol. The van der Waals surface area contributed by atoms with Gasteiger partial charge in [-0.05, 0) is 18.4 Å². The molecular weight excluding hydrogens is 228 g/mol. The van der Waals surface area contributed by atoms with E-state index >= 15 is 0 Å². The minimum atomic E-state index is -0.241. The van der Waals surface area contributed by atoms with Crippen LogP contribution < -0.4 is 0 Å². The Kier molecular flexibility index (Phi) is 6.65. The second-order valence-corrected chi connectivity index (χ2v) is 4.20. The number of aliphatic hydroxyl groups is 1. The van der Waals surface area contributed by atoms with Gasteiger partial charge in [0.1, 0.15) is 5.60 Å². The van der Waals surface area contributed by atoms with E-state index in [0.29, 0.717) is 13.2 Å². The van der Waals surface area contributed by atoms with E-state index in [9.17, 15) is 0 Å². The standard InChI is InChI=1S/C14H18O2.CH4O/c1-2-14(9-6-10-16-14)12-15-11-13-7-4-3-5-8-13;1-2/h2-5,7-8H,1,6,9-12H2;2H,1H3. The highest BCUT2D eigenvalue weighted by Crippen LogP contribution is 2.27. The summed E-state index contributed by atoms with van der Waals surface area (Å²) in [5.41, 5.74) is 0.953. The molecule has 1 aromatic carbocycles. The average Bonchev–Trinajstić information content (AvgIpc) is 2.92. The van der Waals surface area contributed by atoms with Crippen molar-refractivity contribution < 1.29 is 14.6 Å². The van der Waals surface area contributed by atoms with Crippen molar-refractivity contribution in [2.24, 2.45) is 0 Å². The Morgan fingerprint density at radius 3 is 2.67 bits per heavy atom. The summed E-state index contributed by atoms with van der Waals surface area (Å²) >= 11 is 0. The summed E-state index contributed by atoms with van der Waals surface area (Å²) in [7, 11) is 1.00. The molecule has 18 heavy (non-hydrogen) atoms. The SMILES string of the molecule is C=CC1(COCc2ccccc2)CCCO1.CO. The van der Waals surface area contributed by atoms with Gasteiger partial charge in [0.15, 0.2) is 0 Å². The van der Waals surface area contributed by atoms with Crippen LogP contribution in [0.3, 0.4) is 0 Å². The lowest BCUT2D eigenvalue weighted by molar-refractivity contribution is -0.0370. The first-order chi connectivity index (χ1) is 8.85. The van der Waals surface area contributed by atoms with Crippen LogP contribution in [0.5, 0.6) is 0 Å². The lowest BCUT2D eigenvalue weighted by Gasteiger charge is -2.23. The van der Waals surface area contributed by atoms with Gasteiger partial charge < -0.3 is 14.6 Å². The zero-order chi connectivity index (χ0) is 13.3. The third-order valence-corrected chi connectivity index (χ3v) is 2.96. The van der Waals surface area contributed by atoms with Crippen LogP contribution in [0, 0.1) is 0 Å². The van der Waals surface area contributed by atoms with Crippen LogP contribution in [0.1, 0.15) is 18.4 Å². The van der Waals surface area contributed by atoms with Gasteiger partial charge in [0.25, 0.3) is 0 Å². The van der Waals surface area contributed by atoms with Gasteiger partial charge in [0.05, 0.1) is 13.2 Å². The second kappa shape index (κ2) is 8.03. The van der Waals surface area contributed by atoms with Crippen LogP contribution in [0.15, 0.2) is 43.0 Å². The molecule has 1 unspecified atom stereocenters. The molecule has 1 fully saturated rings. The quantitative estimate of drug-likeness (QED) is 0.816. The number of rotatable bonds is 5. The number of ether oxygens (including phenoxy) is 2. The molecule has 100 valence electrons. The summed E-state index contributed by atoms with van der Waals surface area (Å²) < 4.78 is 11.4. The predicted molar refractivity (Wildman–Crippen MR) is 72.4 cm³/mol. The summed E-state index contributed by atoms with van der Waals surface area (Å²) in [5, 5.41) is 7.00. The highest BCUT2D eigenvalue weighted by molar-refractivity contribution is 5.13. The molecule has 0 spiro atoms. The molecule has 1 atom stereocenters. The Morgan fingerprint density at radius 2 is 2.11 bits per heavy atom. The number of aliphatic hydroxyl groups excluding tert-OH is 1. The molecule has 1 aliphatic rings. The zero-order valence-electron chi connectivity index (χ0n) is 11.0. The van der Waals surface area contributed by atoms with Crippen molar-refractivity contribution in [2.75, 3.05) is 20.3 Å².